The van der Waals surface area contributed by atoms with E-state index in [4.69, 9.17) is 0 Å². The van der Waals surface area contributed by atoms with Gasteiger partial charge in [-0.3, -0.25) is 24.6 Å². The van der Waals surface area contributed by atoms with Crippen molar-refractivity contribution in [2.45, 2.75) is 44.7 Å². The minimum atomic E-state index is 0.126. The molecule has 1 N–H and O–H groups in total. The van der Waals surface area contributed by atoms with Gasteiger partial charge in [-0.1, -0.05) is 12.1 Å². The summed E-state index contributed by atoms with van der Waals surface area (Å²) in [4.78, 5) is 26.2. The van der Waals surface area contributed by atoms with Crippen molar-refractivity contribution in [3.8, 4) is 0 Å². The van der Waals surface area contributed by atoms with Crippen molar-refractivity contribution in [2.75, 3.05) is 32.7 Å². The Labute approximate surface area is 179 Å². The Kier molecular flexibility index (Phi) is 7.43. The molecular formula is C24H33N5O. The molecule has 1 amide bonds. The number of piperidine rings is 2. The quantitative estimate of drug-likeness (QED) is 0.764. The zero-order valence-electron chi connectivity index (χ0n) is 17.7. The molecule has 2 aromatic rings. The Balaban J connectivity index is 1.20. The fraction of sp³-hybridized carbons (Fsp3) is 0.542. The van der Waals surface area contributed by atoms with E-state index in [2.05, 4.69) is 37.2 Å². The first-order chi connectivity index (χ1) is 14.8. The lowest BCUT2D eigenvalue weighted by Crippen LogP contribution is -2.50. The summed E-state index contributed by atoms with van der Waals surface area (Å²) in [5.74, 6) is 0.346. The molecule has 0 spiro atoms. The molecule has 2 aliphatic rings. The van der Waals surface area contributed by atoms with E-state index in [1.165, 1.54) is 24.0 Å². The highest BCUT2D eigenvalue weighted by atomic mass is 16.1. The van der Waals surface area contributed by atoms with Crippen LogP contribution < -0.4 is 5.32 Å². The lowest BCUT2D eigenvalue weighted by Gasteiger charge is -2.42. The van der Waals surface area contributed by atoms with E-state index >= 15 is 0 Å². The third-order valence-corrected chi connectivity index (χ3v) is 6.46. The van der Waals surface area contributed by atoms with Crippen LogP contribution in [0.4, 0.5) is 0 Å². The first kappa shape index (κ1) is 20.9. The number of pyridine rings is 2. The lowest BCUT2D eigenvalue weighted by molar-refractivity contribution is -0.127. The molecular weight excluding hydrogens is 374 g/mol. The standard InChI is InChI=1S/C24H33N5O/c30-24(27-12-7-20-4-1-10-25-16-20)22-6-3-13-29(19-22)23-8-14-28(15-9-23)18-21-5-2-11-26-17-21/h1-2,4-5,10-11,16-17,22-23H,3,6-9,12-15,18-19H2,(H,27,30). The van der Waals surface area contributed by atoms with Crippen molar-refractivity contribution in [1.82, 2.24) is 25.1 Å². The third-order valence-electron chi connectivity index (χ3n) is 6.46. The maximum Gasteiger partial charge on any atom is 0.224 e. The van der Waals surface area contributed by atoms with Gasteiger partial charge in [-0.15, -0.1) is 0 Å². The first-order valence-corrected chi connectivity index (χ1v) is 11.3. The average molecular weight is 408 g/mol. The fourth-order valence-corrected chi connectivity index (χ4v) is 4.76. The smallest absolute Gasteiger partial charge is 0.224 e. The minimum Gasteiger partial charge on any atom is -0.355 e. The summed E-state index contributed by atoms with van der Waals surface area (Å²) < 4.78 is 0. The van der Waals surface area contributed by atoms with Gasteiger partial charge in [-0.05, 0) is 75.0 Å². The number of hydrogen-bond acceptors (Lipinski definition) is 5. The van der Waals surface area contributed by atoms with E-state index in [1.807, 2.05) is 30.7 Å². The van der Waals surface area contributed by atoms with E-state index in [-0.39, 0.29) is 11.8 Å². The fourth-order valence-electron chi connectivity index (χ4n) is 4.76. The van der Waals surface area contributed by atoms with Crippen LogP contribution >= 0.6 is 0 Å². The predicted molar refractivity (Wildman–Crippen MR) is 118 cm³/mol. The van der Waals surface area contributed by atoms with Gasteiger partial charge in [0.25, 0.3) is 0 Å². The zero-order valence-corrected chi connectivity index (χ0v) is 17.7. The summed E-state index contributed by atoms with van der Waals surface area (Å²) in [5.41, 5.74) is 2.46. The van der Waals surface area contributed by atoms with Crippen LogP contribution in [0.3, 0.4) is 0 Å². The van der Waals surface area contributed by atoms with E-state index < -0.39 is 0 Å². The van der Waals surface area contributed by atoms with Crippen molar-refractivity contribution < 1.29 is 4.79 Å². The number of likely N-dealkylation sites (tertiary alicyclic amines) is 2. The van der Waals surface area contributed by atoms with Crippen molar-refractivity contribution in [2.24, 2.45) is 5.92 Å². The molecule has 2 aromatic heterocycles. The summed E-state index contributed by atoms with van der Waals surface area (Å²) >= 11 is 0. The van der Waals surface area contributed by atoms with Crippen LogP contribution in [0, 0.1) is 5.92 Å². The number of nitrogens with one attached hydrogen (secondary N) is 1. The van der Waals surface area contributed by atoms with Gasteiger partial charge in [-0.2, -0.15) is 0 Å². The molecule has 0 aromatic carbocycles. The summed E-state index contributed by atoms with van der Waals surface area (Å²) in [6.45, 7) is 5.96. The number of carbonyl (C=O) groups is 1. The number of rotatable bonds is 7. The topological polar surface area (TPSA) is 61.4 Å². The second-order valence-corrected chi connectivity index (χ2v) is 8.60. The molecule has 0 aliphatic carbocycles. The first-order valence-electron chi connectivity index (χ1n) is 11.3. The Morgan fingerprint density at radius 3 is 2.43 bits per heavy atom. The molecule has 1 unspecified atom stereocenters. The van der Waals surface area contributed by atoms with Crippen LogP contribution in [0.25, 0.3) is 0 Å². The zero-order chi connectivity index (χ0) is 20.6. The van der Waals surface area contributed by atoms with Crippen LogP contribution in [-0.4, -0.2) is 64.4 Å². The van der Waals surface area contributed by atoms with E-state index in [0.29, 0.717) is 12.6 Å². The summed E-state index contributed by atoms with van der Waals surface area (Å²) in [7, 11) is 0. The van der Waals surface area contributed by atoms with Crippen molar-refractivity contribution in [3.63, 3.8) is 0 Å². The highest BCUT2D eigenvalue weighted by Crippen LogP contribution is 2.24. The summed E-state index contributed by atoms with van der Waals surface area (Å²) in [6, 6.07) is 8.78. The molecule has 0 saturated carbocycles. The molecule has 4 rings (SSSR count). The van der Waals surface area contributed by atoms with Gasteiger partial charge in [0.2, 0.25) is 5.91 Å². The molecule has 1 atom stereocenters. The average Bonchev–Trinajstić information content (AvgIpc) is 2.81. The largest absolute Gasteiger partial charge is 0.355 e. The Bertz CT molecular complexity index is 777. The molecule has 0 radical (unpaired) electrons. The maximum absolute atomic E-state index is 12.7. The van der Waals surface area contributed by atoms with Crippen molar-refractivity contribution >= 4 is 5.91 Å². The molecule has 2 saturated heterocycles. The number of aromatic nitrogens is 2. The predicted octanol–water partition coefficient (Wildman–Crippen LogP) is 2.51. The second-order valence-electron chi connectivity index (χ2n) is 8.60. The van der Waals surface area contributed by atoms with Gasteiger partial charge in [-0.25, -0.2) is 0 Å². The number of carbonyl (C=O) groups excluding carboxylic acids is 1. The maximum atomic E-state index is 12.7. The molecule has 6 nitrogen and oxygen atoms in total. The van der Waals surface area contributed by atoms with E-state index in [1.54, 1.807) is 6.20 Å². The molecule has 4 heterocycles. The van der Waals surface area contributed by atoms with Crippen LogP contribution in [0.15, 0.2) is 49.1 Å². The third kappa shape index (κ3) is 5.86. The molecule has 30 heavy (non-hydrogen) atoms. The summed E-state index contributed by atoms with van der Waals surface area (Å²) in [5, 5.41) is 3.15. The van der Waals surface area contributed by atoms with Gasteiger partial charge in [0, 0.05) is 50.5 Å². The van der Waals surface area contributed by atoms with Crippen molar-refractivity contribution in [3.05, 3.63) is 60.2 Å². The van der Waals surface area contributed by atoms with Gasteiger partial charge < -0.3 is 5.32 Å². The highest BCUT2D eigenvalue weighted by Gasteiger charge is 2.31. The number of nitrogens with zero attached hydrogens (tertiary/aromatic N) is 4. The molecule has 160 valence electrons. The van der Waals surface area contributed by atoms with Crippen LogP contribution in [0.2, 0.25) is 0 Å². The normalized spacial score (nSPS) is 21.4. The van der Waals surface area contributed by atoms with Gasteiger partial charge in [0.05, 0.1) is 5.92 Å². The number of hydrogen-bond donors (Lipinski definition) is 1. The monoisotopic (exact) mass is 407 g/mol. The Hall–Kier alpha value is -2.31. The molecule has 6 heteroatoms. The van der Waals surface area contributed by atoms with Crippen molar-refractivity contribution in [1.29, 1.82) is 0 Å². The number of amides is 1. The van der Waals surface area contributed by atoms with Gasteiger partial charge in [0.1, 0.15) is 0 Å². The van der Waals surface area contributed by atoms with Crippen LogP contribution in [-0.2, 0) is 17.8 Å². The molecule has 0 bridgehead atoms. The van der Waals surface area contributed by atoms with Crippen LogP contribution in [0.1, 0.15) is 36.8 Å². The van der Waals surface area contributed by atoms with Gasteiger partial charge >= 0.3 is 0 Å². The van der Waals surface area contributed by atoms with Gasteiger partial charge in [0.15, 0.2) is 0 Å². The highest BCUT2D eigenvalue weighted by molar-refractivity contribution is 5.79. The van der Waals surface area contributed by atoms with Crippen LogP contribution in [0.5, 0.6) is 0 Å². The summed E-state index contributed by atoms with van der Waals surface area (Å²) in [6.07, 6.45) is 12.8. The lowest BCUT2D eigenvalue weighted by atomic mass is 9.93. The molecule has 2 aliphatic heterocycles. The Morgan fingerprint density at radius 1 is 1.00 bits per heavy atom. The SMILES string of the molecule is O=C(NCCc1cccnc1)C1CCCN(C2CCN(Cc3cccnc3)CC2)C1. The van der Waals surface area contributed by atoms with E-state index in [9.17, 15) is 4.79 Å². The molecule has 2 fully saturated rings. The second kappa shape index (κ2) is 10.6. The van der Waals surface area contributed by atoms with E-state index in [0.717, 1.165) is 52.0 Å². The Morgan fingerprint density at radius 2 is 1.73 bits per heavy atom. The minimum absolute atomic E-state index is 0.126.